The fourth-order valence-corrected chi connectivity index (χ4v) is 0.433. The van der Waals surface area contributed by atoms with Gasteiger partial charge in [0.2, 0.25) is 0 Å². The Morgan fingerprint density at radius 1 is 1.27 bits per heavy atom. The summed E-state index contributed by atoms with van der Waals surface area (Å²) in [4.78, 5) is 0. The second-order valence-corrected chi connectivity index (χ2v) is 7.76. The van der Waals surface area contributed by atoms with Gasteiger partial charge in [-0.1, -0.05) is 0 Å². The summed E-state index contributed by atoms with van der Waals surface area (Å²) in [5.74, 6) is 0. The monoisotopic (exact) mass is 294 g/mol. The van der Waals surface area contributed by atoms with Crippen LogP contribution in [0.5, 0.6) is 0 Å². The molecule has 0 aromatic heterocycles. The van der Waals surface area contributed by atoms with Crippen LogP contribution in [0.2, 0.25) is 5.71 Å². The van der Waals surface area contributed by atoms with E-state index in [2.05, 4.69) is 7.45 Å². The summed E-state index contributed by atoms with van der Waals surface area (Å²) >= 11 is -6.75. The van der Waals surface area contributed by atoms with Crippen molar-refractivity contribution in [3.63, 3.8) is 0 Å². The van der Waals surface area contributed by atoms with E-state index in [-0.39, 0.29) is 0 Å². The van der Waals surface area contributed by atoms with Crippen LogP contribution in [0.15, 0.2) is 0 Å². The SMILES string of the molecule is CO[AsH](=O)OC.C[As](=O)(O)O. The quantitative estimate of drug-likeness (QED) is 0.596. The van der Waals surface area contributed by atoms with Gasteiger partial charge in [-0.15, -0.1) is 0 Å². The van der Waals surface area contributed by atoms with Crippen molar-refractivity contribution in [2.75, 3.05) is 14.2 Å². The van der Waals surface area contributed by atoms with Crippen molar-refractivity contribution in [1.82, 2.24) is 0 Å². The summed E-state index contributed by atoms with van der Waals surface area (Å²) in [7, 11) is 2.73. The predicted molar refractivity (Wildman–Crippen MR) is 38.6 cm³/mol. The Bertz CT molecular complexity index is 136. The van der Waals surface area contributed by atoms with Gasteiger partial charge in [-0.05, 0) is 0 Å². The molecule has 0 spiro atoms. The van der Waals surface area contributed by atoms with E-state index in [1.807, 2.05) is 0 Å². The Morgan fingerprint density at radius 2 is 1.45 bits per heavy atom. The standard InChI is InChI=1S/C2H7AsO3.CH5AsO3/c1-5-3(4)6-2;1-2(3,4)5/h3H,1-2H3;1H3,(H2,3,4,5). The molecule has 0 amide bonds. The predicted octanol–water partition coefficient (Wildman–Crippen LogP) is -1.60. The normalized spacial score (nSPS) is 10.7. The Hall–Kier alpha value is 0.557. The molecule has 0 fully saturated rings. The second-order valence-electron chi connectivity index (χ2n) is 1.49. The van der Waals surface area contributed by atoms with Crippen molar-refractivity contribution in [1.29, 1.82) is 0 Å². The van der Waals surface area contributed by atoms with Crippen LogP contribution in [0.3, 0.4) is 0 Å². The molecule has 70 valence electrons. The molecule has 8 heteroatoms. The first-order chi connectivity index (χ1) is 4.81. The molecular formula is C3H12As2O6. The van der Waals surface area contributed by atoms with Crippen LogP contribution in [0.1, 0.15) is 0 Å². The van der Waals surface area contributed by atoms with Gasteiger partial charge in [0.25, 0.3) is 0 Å². The Morgan fingerprint density at radius 3 is 1.45 bits per heavy atom. The third-order valence-corrected chi connectivity index (χ3v) is 1.73. The molecule has 0 aromatic rings. The summed E-state index contributed by atoms with van der Waals surface area (Å²) in [6.45, 7) is 0. The maximum absolute atomic E-state index is 9.99. The molecule has 11 heavy (non-hydrogen) atoms. The minimum atomic E-state index is -4.12. The molecule has 0 heterocycles. The van der Waals surface area contributed by atoms with Gasteiger partial charge < -0.3 is 0 Å². The molecule has 0 saturated heterocycles. The maximum atomic E-state index is 9.99. The van der Waals surface area contributed by atoms with E-state index >= 15 is 0 Å². The minimum absolute atomic E-state index is 0.915. The summed E-state index contributed by atoms with van der Waals surface area (Å²) in [5.41, 5.74) is 0.915. The van der Waals surface area contributed by atoms with Crippen LogP contribution in [-0.4, -0.2) is 51.9 Å². The molecule has 0 aliphatic carbocycles. The third kappa shape index (κ3) is 37.2. The fourth-order valence-electron chi connectivity index (χ4n) is 0.0833. The van der Waals surface area contributed by atoms with Gasteiger partial charge in [0.05, 0.1) is 0 Å². The average molecular weight is 294 g/mol. The molecule has 6 nitrogen and oxygen atoms in total. The molecule has 0 rings (SSSR count). The van der Waals surface area contributed by atoms with Crippen LogP contribution in [0, 0.1) is 0 Å². The van der Waals surface area contributed by atoms with Crippen LogP contribution < -0.4 is 0 Å². The molecule has 2 N–H and O–H groups in total. The van der Waals surface area contributed by atoms with Crippen molar-refractivity contribution in [2.24, 2.45) is 0 Å². The Labute approximate surface area is 72.7 Å². The van der Waals surface area contributed by atoms with Crippen LogP contribution in [0.25, 0.3) is 0 Å². The summed E-state index contributed by atoms with van der Waals surface area (Å²) in [5, 5.41) is 0. The fraction of sp³-hybridized carbons (Fsp3) is 1.00. The first-order valence-corrected chi connectivity index (χ1v) is 9.35. The molecule has 0 aliphatic heterocycles. The van der Waals surface area contributed by atoms with Gasteiger partial charge in [-0.25, -0.2) is 0 Å². The van der Waals surface area contributed by atoms with Crippen LogP contribution in [0.4, 0.5) is 0 Å². The molecule has 0 saturated carbocycles. The first kappa shape index (κ1) is 14.1. The second kappa shape index (κ2) is 7.22. The zero-order chi connectivity index (χ0) is 9.49. The van der Waals surface area contributed by atoms with E-state index in [0.29, 0.717) is 0 Å². The van der Waals surface area contributed by atoms with Crippen molar-refractivity contribution in [3.05, 3.63) is 0 Å². The molecule has 0 unspecified atom stereocenters. The molecule has 0 atom stereocenters. The summed E-state index contributed by atoms with van der Waals surface area (Å²) in [6, 6.07) is 0. The van der Waals surface area contributed by atoms with Crippen molar-refractivity contribution in [3.8, 4) is 0 Å². The average Bonchev–Trinajstić information content (AvgIpc) is 1.83. The first-order valence-electron chi connectivity index (χ1n) is 2.46. The molecule has 0 aromatic carbocycles. The topological polar surface area (TPSA) is 93.1 Å². The molecule has 0 aliphatic rings. The van der Waals surface area contributed by atoms with Gasteiger partial charge in [-0.3, -0.25) is 0 Å². The van der Waals surface area contributed by atoms with Crippen molar-refractivity contribution < 1.29 is 23.1 Å². The van der Waals surface area contributed by atoms with E-state index in [9.17, 15) is 7.48 Å². The Balaban J connectivity index is 0. The zero-order valence-electron chi connectivity index (χ0n) is 6.47. The number of hydrogen-bond acceptors (Lipinski definition) is 4. The molecule has 0 bridgehead atoms. The van der Waals surface area contributed by atoms with E-state index in [4.69, 9.17) is 8.19 Å². The van der Waals surface area contributed by atoms with Crippen LogP contribution in [-0.2, 0) is 14.9 Å². The molecular weight excluding hydrogens is 282 g/mol. The number of hydrogen-bond donors (Lipinski definition) is 2. The Kier molecular flexibility index (Phi) is 9.25. The van der Waals surface area contributed by atoms with Gasteiger partial charge in [0.1, 0.15) is 0 Å². The van der Waals surface area contributed by atoms with Gasteiger partial charge in [0.15, 0.2) is 0 Å². The van der Waals surface area contributed by atoms with Gasteiger partial charge >= 0.3 is 72.5 Å². The van der Waals surface area contributed by atoms with E-state index in [1.54, 1.807) is 0 Å². The van der Waals surface area contributed by atoms with Gasteiger partial charge in [-0.2, -0.15) is 0 Å². The van der Waals surface area contributed by atoms with Crippen molar-refractivity contribution >= 4 is 29.4 Å². The zero-order valence-corrected chi connectivity index (χ0v) is 10.4. The third-order valence-electron chi connectivity index (χ3n) is 0.333. The van der Waals surface area contributed by atoms with E-state index < -0.39 is 29.4 Å². The summed E-state index contributed by atoms with van der Waals surface area (Å²) in [6.07, 6.45) is 0. The summed E-state index contributed by atoms with van der Waals surface area (Å²) < 4.78 is 43.3. The van der Waals surface area contributed by atoms with E-state index in [1.165, 1.54) is 14.2 Å². The van der Waals surface area contributed by atoms with Crippen molar-refractivity contribution in [2.45, 2.75) is 5.71 Å². The van der Waals surface area contributed by atoms with Gasteiger partial charge in [0, 0.05) is 0 Å². The van der Waals surface area contributed by atoms with E-state index in [0.717, 1.165) is 5.71 Å². The molecule has 0 radical (unpaired) electrons. The van der Waals surface area contributed by atoms with Crippen LogP contribution >= 0.6 is 0 Å². The number of rotatable bonds is 2.